The number of hydrogen-bond donors (Lipinski definition) is 3. The van der Waals surface area contributed by atoms with Crippen LogP contribution in [0, 0.1) is 11.7 Å². The van der Waals surface area contributed by atoms with Crippen LogP contribution in [-0.2, 0) is 10.4 Å². The molecule has 0 saturated carbocycles. The van der Waals surface area contributed by atoms with E-state index in [0.29, 0.717) is 5.56 Å². The second kappa shape index (κ2) is 6.81. The Bertz CT molecular complexity index is 443. The first kappa shape index (κ1) is 16.6. The maximum absolute atomic E-state index is 12.8. The van der Waals surface area contributed by atoms with Crippen LogP contribution in [0.25, 0.3) is 0 Å². The van der Waals surface area contributed by atoms with Gasteiger partial charge in [0.1, 0.15) is 11.4 Å². The molecule has 0 spiro atoms. The van der Waals surface area contributed by atoms with Gasteiger partial charge in [0.05, 0.1) is 19.1 Å². The summed E-state index contributed by atoms with van der Waals surface area (Å²) in [6.45, 7) is 5.20. The van der Waals surface area contributed by atoms with Crippen molar-refractivity contribution in [2.75, 3.05) is 6.54 Å². The molecule has 4 nitrogen and oxygen atoms in total. The van der Waals surface area contributed by atoms with Gasteiger partial charge in [0, 0.05) is 0 Å². The summed E-state index contributed by atoms with van der Waals surface area (Å²) in [5.74, 6) is -0.708. The van der Waals surface area contributed by atoms with Crippen LogP contribution in [0.2, 0.25) is 0 Å². The number of hydrogen-bond acceptors (Lipinski definition) is 3. The van der Waals surface area contributed by atoms with E-state index in [9.17, 15) is 19.4 Å². The van der Waals surface area contributed by atoms with Gasteiger partial charge >= 0.3 is 0 Å². The van der Waals surface area contributed by atoms with E-state index in [1.807, 2.05) is 13.8 Å². The Morgan fingerprint density at radius 1 is 1.35 bits per heavy atom. The van der Waals surface area contributed by atoms with Gasteiger partial charge in [0.2, 0.25) is 5.91 Å². The van der Waals surface area contributed by atoms with Crippen LogP contribution in [0.3, 0.4) is 0 Å². The molecule has 0 heterocycles. The first-order chi connectivity index (χ1) is 9.22. The molecule has 1 aromatic carbocycles. The van der Waals surface area contributed by atoms with Gasteiger partial charge in [-0.3, -0.25) is 4.79 Å². The number of benzene rings is 1. The van der Waals surface area contributed by atoms with Crippen LogP contribution in [0.1, 0.15) is 32.8 Å². The Morgan fingerprint density at radius 2 is 1.90 bits per heavy atom. The molecule has 1 amide bonds. The third kappa shape index (κ3) is 4.90. The first-order valence-corrected chi connectivity index (χ1v) is 6.65. The number of carbonyl (C=O) groups excluding carboxylic acids is 1. The van der Waals surface area contributed by atoms with Gasteiger partial charge in [-0.2, -0.15) is 0 Å². The zero-order valence-corrected chi connectivity index (χ0v) is 12.1. The lowest BCUT2D eigenvalue weighted by Gasteiger charge is -2.24. The zero-order valence-electron chi connectivity index (χ0n) is 12.1. The topological polar surface area (TPSA) is 69.6 Å². The van der Waals surface area contributed by atoms with Crippen molar-refractivity contribution in [2.45, 2.75) is 38.9 Å². The van der Waals surface area contributed by atoms with Crippen LogP contribution < -0.4 is 5.32 Å². The standard InChI is InChI=1S/C15H22FNO3/c1-10(2)13(18)8-14(19)17-9-15(3,20)11-4-6-12(16)7-5-11/h4-7,10,13,18,20H,8-9H2,1-3H3,(H,17,19). The molecule has 1 aromatic rings. The minimum absolute atomic E-state index is 0.00152. The molecule has 2 atom stereocenters. The summed E-state index contributed by atoms with van der Waals surface area (Å²) in [4.78, 5) is 11.6. The molecule has 1 rings (SSSR count). The van der Waals surface area contributed by atoms with E-state index in [0.717, 1.165) is 0 Å². The number of halogens is 1. The Morgan fingerprint density at radius 3 is 2.40 bits per heavy atom. The molecule has 0 radical (unpaired) electrons. The summed E-state index contributed by atoms with van der Waals surface area (Å²) in [5.41, 5.74) is -0.768. The Kier molecular flexibility index (Phi) is 5.65. The van der Waals surface area contributed by atoms with Crippen molar-refractivity contribution in [3.63, 3.8) is 0 Å². The SMILES string of the molecule is CC(C)C(O)CC(=O)NCC(C)(O)c1ccc(F)cc1. The Labute approximate surface area is 118 Å². The largest absolute Gasteiger partial charge is 0.392 e. The molecule has 0 fully saturated rings. The third-order valence-electron chi connectivity index (χ3n) is 3.26. The number of aliphatic hydroxyl groups excluding tert-OH is 1. The van der Waals surface area contributed by atoms with Crippen LogP contribution in [-0.4, -0.2) is 28.8 Å². The summed E-state index contributed by atoms with van der Waals surface area (Å²) in [5, 5.41) is 22.5. The molecule has 20 heavy (non-hydrogen) atoms. The normalized spacial score (nSPS) is 15.8. The number of amides is 1. The smallest absolute Gasteiger partial charge is 0.222 e. The molecule has 3 N–H and O–H groups in total. The monoisotopic (exact) mass is 283 g/mol. The van der Waals surface area contributed by atoms with E-state index in [-0.39, 0.29) is 30.6 Å². The fraction of sp³-hybridized carbons (Fsp3) is 0.533. The van der Waals surface area contributed by atoms with Gasteiger partial charge < -0.3 is 15.5 Å². The fourth-order valence-electron chi connectivity index (χ4n) is 1.68. The third-order valence-corrected chi connectivity index (χ3v) is 3.26. The molecule has 0 bridgehead atoms. The minimum atomic E-state index is -1.29. The average molecular weight is 283 g/mol. The molecule has 0 aliphatic heterocycles. The molecular formula is C15H22FNO3. The molecule has 112 valence electrons. The highest BCUT2D eigenvalue weighted by atomic mass is 19.1. The predicted molar refractivity (Wildman–Crippen MR) is 74.4 cm³/mol. The molecule has 0 aromatic heterocycles. The van der Waals surface area contributed by atoms with Crippen LogP contribution in [0.4, 0.5) is 4.39 Å². The number of carbonyl (C=O) groups is 1. The van der Waals surface area contributed by atoms with Crippen LogP contribution >= 0.6 is 0 Å². The maximum Gasteiger partial charge on any atom is 0.222 e. The highest BCUT2D eigenvalue weighted by Gasteiger charge is 2.24. The second-order valence-corrected chi connectivity index (χ2v) is 5.57. The quantitative estimate of drug-likeness (QED) is 0.742. The Hall–Kier alpha value is -1.46. The first-order valence-electron chi connectivity index (χ1n) is 6.65. The molecule has 5 heteroatoms. The summed E-state index contributed by atoms with van der Waals surface area (Å²) in [6, 6.07) is 5.47. The summed E-state index contributed by atoms with van der Waals surface area (Å²) < 4.78 is 12.8. The lowest BCUT2D eigenvalue weighted by molar-refractivity contribution is -0.124. The minimum Gasteiger partial charge on any atom is -0.392 e. The molecule has 0 saturated heterocycles. The number of aliphatic hydroxyl groups is 2. The lowest BCUT2D eigenvalue weighted by atomic mass is 9.96. The van der Waals surface area contributed by atoms with Crippen molar-refractivity contribution in [1.29, 1.82) is 0 Å². The van der Waals surface area contributed by atoms with Gasteiger partial charge in [-0.25, -0.2) is 4.39 Å². The molecule has 0 aliphatic rings. The van der Waals surface area contributed by atoms with Crippen molar-refractivity contribution in [3.8, 4) is 0 Å². The summed E-state index contributed by atoms with van der Waals surface area (Å²) >= 11 is 0. The van der Waals surface area contributed by atoms with Gasteiger partial charge in [0.15, 0.2) is 0 Å². The lowest BCUT2D eigenvalue weighted by Crippen LogP contribution is -2.40. The highest BCUT2D eigenvalue weighted by Crippen LogP contribution is 2.20. The highest BCUT2D eigenvalue weighted by molar-refractivity contribution is 5.76. The summed E-state index contributed by atoms with van der Waals surface area (Å²) in [6.07, 6.45) is -0.706. The van der Waals surface area contributed by atoms with Crippen molar-refractivity contribution >= 4 is 5.91 Å². The van der Waals surface area contributed by atoms with Gasteiger partial charge in [-0.15, -0.1) is 0 Å². The molecular weight excluding hydrogens is 261 g/mol. The van der Waals surface area contributed by atoms with E-state index in [4.69, 9.17) is 0 Å². The van der Waals surface area contributed by atoms with E-state index < -0.39 is 11.7 Å². The van der Waals surface area contributed by atoms with E-state index in [1.54, 1.807) is 6.92 Å². The molecule has 0 aliphatic carbocycles. The maximum atomic E-state index is 12.8. The van der Waals surface area contributed by atoms with Crippen molar-refractivity contribution in [3.05, 3.63) is 35.6 Å². The van der Waals surface area contributed by atoms with E-state index >= 15 is 0 Å². The van der Waals surface area contributed by atoms with Crippen molar-refractivity contribution in [1.82, 2.24) is 5.32 Å². The van der Waals surface area contributed by atoms with Crippen molar-refractivity contribution < 1.29 is 19.4 Å². The van der Waals surface area contributed by atoms with Crippen LogP contribution in [0.5, 0.6) is 0 Å². The Balaban J connectivity index is 2.55. The summed E-state index contributed by atoms with van der Waals surface area (Å²) in [7, 11) is 0. The van der Waals surface area contributed by atoms with E-state index in [2.05, 4.69) is 5.32 Å². The number of nitrogens with one attached hydrogen (secondary N) is 1. The van der Waals surface area contributed by atoms with Crippen molar-refractivity contribution in [2.24, 2.45) is 5.92 Å². The molecule has 2 unspecified atom stereocenters. The van der Waals surface area contributed by atoms with E-state index in [1.165, 1.54) is 24.3 Å². The zero-order chi connectivity index (χ0) is 15.3. The number of rotatable bonds is 6. The second-order valence-electron chi connectivity index (χ2n) is 5.57. The fourth-order valence-corrected chi connectivity index (χ4v) is 1.68. The predicted octanol–water partition coefficient (Wildman–Crippen LogP) is 1.56. The van der Waals surface area contributed by atoms with Gasteiger partial charge in [-0.05, 0) is 30.5 Å². The van der Waals surface area contributed by atoms with Gasteiger partial charge in [-0.1, -0.05) is 26.0 Å². The van der Waals surface area contributed by atoms with Gasteiger partial charge in [0.25, 0.3) is 0 Å². The average Bonchev–Trinajstić information content (AvgIpc) is 2.37. The van der Waals surface area contributed by atoms with Crippen LogP contribution in [0.15, 0.2) is 24.3 Å².